The third kappa shape index (κ3) is 6.15. The van der Waals surface area contributed by atoms with Gasteiger partial charge in [0.05, 0.1) is 27.9 Å². The Balaban J connectivity index is 1.83. The first kappa shape index (κ1) is 25.3. The minimum Gasteiger partial charge on any atom is -0.494 e. The number of hydrogen-bond donors (Lipinski definition) is 1. The lowest BCUT2D eigenvalue weighted by molar-refractivity contribution is -0.119. The maximum absolute atomic E-state index is 13.4. The molecular formula is C25H26ClN3O4S. The summed E-state index contributed by atoms with van der Waals surface area (Å²) < 4.78 is 33.2. The van der Waals surface area contributed by atoms with Crippen LogP contribution in [0.25, 0.3) is 0 Å². The van der Waals surface area contributed by atoms with Crippen molar-refractivity contribution < 1.29 is 17.9 Å². The number of para-hydroxylation sites is 1. The number of amides is 1. The van der Waals surface area contributed by atoms with E-state index in [1.54, 1.807) is 43.3 Å². The van der Waals surface area contributed by atoms with Gasteiger partial charge in [0.25, 0.3) is 15.9 Å². The topological polar surface area (TPSA) is 88.1 Å². The number of benzene rings is 3. The molecule has 0 atom stereocenters. The largest absolute Gasteiger partial charge is 0.494 e. The zero-order chi connectivity index (χ0) is 24.7. The minimum absolute atomic E-state index is 0.0555. The van der Waals surface area contributed by atoms with Gasteiger partial charge in [-0.1, -0.05) is 41.4 Å². The Bertz CT molecular complexity index is 1270. The van der Waals surface area contributed by atoms with Crippen molar-refractivity contribution in [1.29, 1.82) is 0 Å². The molecule has 34 heavy (non-hydrogen) atoms. The van der Waals surface area contributed by atoms with Crippen molar-refractivity contribution in [2.75, 3.05) is 17.5 Å². The molecule has 0 aliphatic rings. The molecule has 0 bridgehead atoms. The predicted molar refractivity (Wildman–Crippen MR) is 135 cm³/mol. The highest BCUT2D eigenvalue weighted by Gasteiger charge is 2.28. The van der Waals surface area contributed by atoms with Crippen LogP contribution in [0, 0.1) is 6.92 Å². The van der Waals surface area contributed by atoms with E-state index in [-0.39, 0.29) is 15.6 Å². The monoisotopic (exact) mass is 499 g/mol. The number of nitrogens with zero attached hydrogens (tertiary/aromatic N) is 2. The van der Waals surface area contributed by atoms with Gasteiger partial charge in [0.2, 0.25) is 0 Å². The lowest BCUT2D eigenvalue weighted by Crippen LogP contribution is -2.40. The molecule has 178 valence electrons. The van der Waals surface area contributed by atoms with Gasteiger partial charge in [-0.25, -0.2) is 13.8 Å². The van der Waals surface area contributed by atoms with Gasteiger partial charge < -0.3 is 4.74 Å². The normalized spacial score (nSPS) is 11.7. The number of carbonyl (C=O) groups is 1. The van der Waals surface area contributed by atoms with Crippen LogP contribution in [-0.2, 0) is 14.8 Å². The number of carbonyl (C=O) groups excluding carboxylic acids is 1. The van der Waals surface area contributed by atoms with E-state index >= 15 is 0 Å². The molecule has 0 saturated heterocycles. The molecule has 0 saturated carbocycles. The number of hydrogen-bond acceptors (Lipinski definition) is 5. The Kier molecular flexibility index (Phi) is 8.31. The van der Waals surface area contributed by atoms with E-state index in [0.29, 0.717) is 12.3 Å². The number of halogens is 1. The molecule has 0 spiro atoms. The number of anilines is 1. The van der Waals surface area contributed by atoms with Crippen molar-refractivity contribution in [3.63, 3.8) is 0 Å². The summed E-state index contributed by atoms with van der Waals surface area (Å²) in [5.74, 6) is 0.126. The highest BCUT2D eigenvalue weighted by molar-refractivity contribution is 7.92. The molecule has 7 nitrogen and oxygen atoms in total. The maximum atomic E-state index is 13.4. The van der Waals surface area contributed by atoms with Gasteiger partial charge in [-0.3, -0.25) is 9.10 Å². The summed E-state index contributed by atoms with van der Waals surface area (Å²) in [5, 5.41) is 4.34. The summed E-state index contributed by atoms with van der Waals surface area (Å²) in [6.07, 6.45) is 0. The van der Waals surface area contributed by atoms with E-state index in [0.717, 1.165) is 21.2 Å². The van der Waals surface area contributed by atoms with E-state index in [9.17, 15) is 13.2 Å². The van der Waals surface area contributed by atoms with Crippen LogP contribution in [0.5, 0.6) is 5.75 Å². The van der Waals surface area contributed by atoms with Crippen LogP contribution < -0.4 is 14.5 Å². The fourth-order valence-corrected chi connectivity index (χ4v) is 4.85. The first-order chi connectivity index (χ1) is 16.2. The summed E-state index contributed by atoms with van der Waals surface area (Å²) >= 11 is 6.29. The fourth-order valence-electron chi connectivity index (χ4n) is 3.13. The van der Waals surface area contributed by atoms with Crippen LogP contribution in [0.15, 0.2) is 82.8 Å². The molecule has 3 rings (SSSR count). The van der Waals surface area contributed by atoms with Crippen molar-refractivity contribution >= 4 is 38.9 Å². The van der Waals surface area contributed by atoms with Crippen LogP contribution >= 0.6 is 11.6 Å². The molecule has 3 aromatic carbocycles. The molecule has 0 aromatic heterocycles. The number of rotatable bonds is 9. The molecule has 0 radical (unpaired) electrons. The molecular weight excluding hydrogens is 474 g/mol. The first-order valence-corrected chi connectivity index (χ1v) is 12.4. The Morgan fingerprint density at radius 1 is 1.03 bits per heavy atom. The Morgan fingerprint density at radius 3 is 2.29 bits per heavy atom. The Morgan fingerprint density at radius 2 is 1.68 bits per heavy atom. The van der Waals surface area contributed by atoms with Crippen molar-refractivity contribution in [3.8, 4) is 5.75 Å². The van der Waals surface area contributed by atoms with Gasteiger partial charge in [0.1, 0.15) is 12.3 Å². The maximum Gasteiger partial charge on any atom is 0.264 e. The predicted octanol–water partition coefficient (Wildman–Crippen LogP) is 4.78. The molecule has 9 heteroatoms. The average Bonchev–Trinajstić information content (AvgIpc) is 2.82. The van der Waals surface area contributed by atoms with Gasteiger partial charge in [-0.15, -0.1) is 0 Å². The van der Waals surface area contributed by atoms with Crippen molar-refractivity contribution in [2.24, 2.45) is 5.10 Å². The summed E-state index contributed by atoms with van der Waals surface area (Å²) in [6, 6.07) is 20.1. The summed E-state index contributed by atoms with van der Waals surface area (Å²) in [6.45, 7) is 5.57. The molecule has 0 unspecified atom stereocenters. The second-order valence-corrected chi connectivity index (χ2v) is 9.74. The molecule has 1 amide bonds. The third-order valence-corrected chi connectivity index (χ3v) is 7.04. The second-order valence-electron chi connectivity index (χ2n) is 7.47. The van der Waals surface area contributed by atoms with E-state index in [4.69, 9.17) is 16.3 Å². The van der Waals surface area contributed by atoms with Crippen LogP contribution in [0.4, 0.5) is 5.69 Å². The number of hydrazone groups is 1. The minimum atomic E-state index is -4.06. The highest BCUT2D eigenvalue weighted by atomic mass is 35.5. The zero-order valence-electron chi connectivity index (χ0n) is 19.2. The lowest BCUT2D eigenvalue weighted by atomic mass is 10.1. The van der Waals surface area contributed by atoms with E-state index in [1.165, 1.54) is 12.1 Å². The zero-order valence-corrected chi connectivity index (χ0v) is 20.7. The number of nitrogens with one attached hydrogen (secondary N) is 1. The molecule has 0 aliphatic carbocycles. The SMILES string of the molecule is CCOc1ccc(/C(C)=N\NC(=O)CN(c2ccccc2Cl)S(=O)(=O)c2ccc(C)cc2)cc1. The number of sulfonamides is 1. The Hall–Kier alpha value is -3.36. The van der Waals surface area contributed by atoms with E-state index in [2.05, 4.69) is 10.5 Å². The standard InChI is InChI=1S/C25H26ClN3O4S/c1-4-33-21-13-11-20(12-14-21)19(3)27-28-25(30)17-29(24-8-6-5-7-23(24)26)34(31,32)22-15-9-18(2)10-16-22/h5-16H,4,17H2,1-3H3,(H,28,30)/b27-19-. The van der Waals surface area contributed by atoms with Crippen molar-refractivity contribution in [2.45, 2.75) is 25.7 Å². The fraction of sp³-hybridized carbons (Fsp3) is 0.200. The van der Waals surface area contributed by atoms with Gasteiger partial charge in [0, 0.05) is 0 Å². The Labute approximate surface area is 205 Å². The van der Waals surface area contributed by atoms with Crippen molar-refractivity contribution in [1.82, 2.24) is 5.43 Å². The summed E-state index contributed by atoms with van der Waals surface area (Å²) in [4.78, 5) is 12.8. The quantitative estimate of drug-likeness (QED) is 0.339. The highest BCUT2D eigenvalue weighted by Crippen LogP contribution is 2.30. The van der Waals surface area contributed by atoms with Crippen LogP contribution in [0.2, 0.25) is 5.02 Å². The number of ether oxygens (including phenoxy) is 1. The van der Waals surface area contributed by atoms with Gasteiger partial charge in [-0.2, -0.15) is 5.10 Å². The second kappa shape index (κ2) is 11.2. The summed E-state index contributed by atoms with van der Waals surface area (Å²) in [7, 11) is -4.06. The smallest absolute Gasteiger partial charge is 0.264 e. The van der Waals surface area contributed by atoms with Crippen LogP contribution in [0.3, 0.4) is 0 Å². The van der Waals surface area contributed by atoms with Crippen LogP contribution in [0.1, 0.15) is 25.0 Å². The number of aryl methyl sites for hydroxylation is 1. The molecule has 1 N–H and O–H groups in total. The van der Waals surface area contributed by atoms with Gasteiger partial charge in [-0.05, 0) is 74.9 Å². The van der Waals surface area contributed by atoms with Gasteiger partial charge >= 0.3 is 0 Å². The molecule has 0 heterocycles. The average molecular weight is 500 g/mol. The lowest BCUT2D eigenvalue weighted by Gasteiger charge is -2.24. The van der Waals surface area contributed by atoms with E-state index in [1.807, 2.05) is 38.1 Å². The molecule has 3 aromatic rings. The molecule has 0 fully saturated rings. The summed E-state index contributed by atoms with van der Waals surface area (Å²) in [5.41, 5.74) is 4.91. The molecule has 0 aliphatic heterocycles. The third-order valence-electron chi connectivity index (χ3n) is 4.95. The van der Waals surface area contributed by atoms with Gasteiger partial charge in [0.15, 0.2) is 0 Å². The van der Waals surface area contributed by atoms with Crippen LogP contribution in [-0.4, -0.2) is 33.2 Å². The first-order valence-electron chi connectivity index (χ1n) is 10.6. The van der Waals surface area contributed by atoms with E-state index < -0.39 is 22.5 Å². The van der Waals surface area contributed by atoms with Crippen molar-refractivity contribution in [3.05, 3.63) is 88.9 Å².